The van der Waals surface area contributed by atoms with Gasteiger partial charge in [0.15, 0.2) is 0 Å². The van der Waals surface area contributed by atoms with Crippen LogP contribution >= 0.6 is 0 Å². The molecular weight excluding hydrogens is 170 g/mol. The van der Waals surface area contributed by atoms with Gasteiger partial charge in [-0.25, -0.2) is 0 Å². The van der Waals surface area contributed by atoms with Crippen molar-refractivity contribution >= 4 is 5.91 Å². The van der Waals surface area contributed by atoms with E-state index in [0.717, 1.165) is 18.7 Å². The third kappa shape index (κ3) is 1.63. The average Bonchev–Trinajstić information content (AvgIpc) is 2.64. The van der Waals surface area contributed by atoms with E-state index >= 15 is 0 Å². The molecule has 0 aliphatic carbocycles. The van der Waals surface area contributed by atoms with E-state index in [9.17, 15) is 9.59 Å². The zero-order chi connectivity index (χ0) is 9.26. The fourth-order valence-electron chi connectivity index (χ4n) is 1.53. The lowest BCUT2D eigenvalue weighted by Gasteiger charge is -2.13. The Bertz CT molecular complexity index is 365. The first-order chi connectivity index (χ1) is 6.25. The van der Waals surface area contributed by atoms with Gasteiger partial charge in [-0.3, -0.25) is 14.7 Å². The van der Waals surface area contributed by atoms with E-state index in [4.69, 9.17) is 0 Å². The summed E-state index contributed by atoms with van der Waals surface area (Å²) in [5.41, 5.74) is 0.613. The van der Waals surface area contributed by atoms with Crippen LogP contribution in [0.25, 0.3) is 0 Å². The van der Waals surface area contributed by atoms with Crippen LogP contribution in [0.1, 0.15) is 18.5 Å². The van der Waals surface area contributed by atoms with Crippen molar-refractivity contribution in [2.24, 2.45) is 0 Å². The first-order valence-electron chi connectivity index (χ1n) is 4.30. The molecule has 0 spiro atoms. The smallest absolute Gasteiger partial charge is 0.264 e. The van der Waals surface area contributed by atoms with Crippen molar-refractivity contribution in [1.29, 1.82) is 0 Å². The topological polar surface area (TPSA) is 69.0 Å². The van der Waals surface area contributed by atoms with Gasteiger partial charge >= 0.3 is 0 Å². The molecule has 70 valence electrons. The van der Waals surface area contributed by atoms with Crippen LogP contribution in [0.15, 0.2) is 10.9 Å². The van der Waals surface area contributed by atoms with Crippen LogP contribution in [0, 0.1) is 0 Å². The van der Waals surface area contributed by atoms with Crippen LogP contribution in [0.4, 0.5) is 0 Å². The van der Waals surface area contributed by atoms with Gasteiger partial charge in [-0.15, -0.1) is 0 Å². The second-order valence-electron chi connectivity index (χ2n) is 3.20. The fourth-order valence-corrected chi connectivity index (χ4v) is 1.53. The van der Waals surface area contributed by atoms with Crippen LogP contribution in [0.5, 0.6) is 0 Å². The van der Waals surface area contributed by atoms with Crippen LogP contribution in [-0.4, -0.2) is 27.5 Å². The second-order valence-corrected chi connectivity index (χ2v) is 3.20. The quantitative estimate of drug-likeness (QED) is 0.664. The lowest BCUT2D eigenvalue weighted by molar-refractivity contribution is -0.128. The fraction of sp³-hybridized carbons (Fsp3) is 0.500. The van der Waals surface area contributed by atoms with E-state index in [1.165, 1.54) is 6.07 Å². The Labute approximate surface area is 74.7 Å². The second kappa shape index (κ2) is 3.08. The van der Waals surface area contributed by atoms with Crippen molar-refractivity contribution in [3.05, 3.63) is 22.1 Å². The number of nitrogens with zero attached hydrogens (tertiary/aromatic N) is 1. The molecule has 1 aliphatic rings. The number of hydrogen-bond acceptors (Lipinski definition) is 2. The predicted molar refractivity (Wildman–Crippen MR) is 46.1 cm³/mol. The SMILES string of the molecule is O=C1CCCN1Cc1cc(=O)[nH][nH]1. The summed E-state index contributed by atoms with van der Waals surface area (Å²) >= 11 is 0. The van der Waals surface area contributed by atoms with Crippen LogP contribution in [0.3, 0.4) is 0 Å². The number of hydrogen-bond donors (Lipinski definition) is 2. The molecule has 0 atom stereocenters. The van der Waals surface area contributed by atoms with E-state index in [-0.39, 0.29) is 11.5 Å². The molecule has 1 amide bonds. The third-order valence-corrected chi connectivity index (χ3v) is 2.18. The first-order valence-corrected chi connectivity index (χ1v) is 4.30. The van der Waals surface area contributed by atoms with Gasteiger partial charge in [-0.05, 0) is 6.42 Å². The molecule has 2 heterocycles. The summed E-state index contributed by atoms with van der Waals surface area (Å²) in [7, 11) is 0. The Hall–Kier alpha value is -1.52. The first kappa shape index (κ1) is 8.10. The van der Waals surface area contributed by atoms with Gasteiger partial charge in [0.2, 0.25) is 5.91 Å². The Balaban J connectivity index is 2.05. The molecular formula is C8H11N3O2. The summed E-state index contributed by atoms with van der Waals surface area (Å²) in [5.74, 6) is 0.169. The zero-order valence-corrected chi connectivity index (χ0v) is 7.17. The molecule has 2 N–H and O–H groups in total. The van der Waals surface area contributed by atoms with Crippen molar-refractivity contribution < 1.29 is 4.79 Å². The third-order valence-electron chi connectivity index (χ3n) is 2.18. The van der Waals surface area contributed by atoms with E-state index in [1.807, 2.05) is 0 Å². The summed E-state index contributed by atoms with van der Waals surface area (Å²) in [4.78, 5) is 23.7. The number of nitrogens with one attached hydrogen (secondary N) is 2. The summed E-state index contributed by atoms with van der Waals surface area (Å²) < 4.78 is 0. The maximum atomic E-state index is 11.2. The van der Waals surface area contributed by atoms with Crippen LogP contribution in [0.2, 0.25) is 0 Å². The van der Waals surface area contributed by atoms with Gasteiger partial charge in [-0.2, -0.15) is 0 Å². The molecule has 0 unspecified atom stereocenters. The van der Waals surface area contributed by atoms with Gasteiger partial charge in [0.1, 0.15) is 0 Å². The summed E-state index contributed by atoms with van der Waals surface area (Å²) in [6.45, 7) is 1.31. The standard InChI is InChI=1S/C8H11N3O2/c12-7-4-6(9-10-7)5-11-3-1-2-8(11)13/h4H,1-3,5H2,(H2,9,10,12). The number of H-pyrrole nitrogens is 2. The zero-order valence-electron chi connectivity index (χ0n) is 7.17. The maximum Gasteiger partial charge on any atom is 0.264 e. The van der Waals surface area contributed by atoms with Gasteiger partial charge in [-0.1, -0.05) is 0 Å². The predicted octanol–water partition coefficient (Wildman–Crippen LogP) is -0.175. The lowest BCUT2D eigenvalue weighted by atomic mass is 10.4. The molecule has 5 nitrogen and oxygen atoms in total. The molecule has 0 saturated carbocycles. The molecule has 1 fully saturated rings. The highest BCUT2D eigenvalue weighted by molar-refractivity contribution is 5.77. The molecule has 5 heteroatoms. The lowest BCUT2D eigenvalue weighted by Crippen LogP contribution is -2.24. The number of rotatable bonds is 2. The number of carbonyl (C=O) groups excluding carboxylic acids is 1. The van der Waals surface area contributed by atoms with Gasteiger partial charge in [0.25, 0.3) is 5.56 Å². The number of carbonyl (C=O) groups is 1. The number of aromatic amines is 2. The Kier molecular flexibility index (Phi) is 1.92. The molecule has 0 radical (unpaired) electrons. The number of aromatic nitrogens is 2. The molecule has 2 rings (SSSR count). The van der Waals surface area contributed by atoms with Gasteiger partial charge in [0, 0.05) is 19.0 Å². The summed E-state index contributed by atoms with van der Waals surface area (Å²) in [6, 6.07) is 1.48. The Morgan fingerprint density at radius 3 is 2.77 bits per heavy atom. The molecule has 13 heavy (non-hydrogen) atoms. The van der Waals surface area contributed by atoms with E-state index in [2.05, 4.69) is 10.2 Å². The number of likely N-dealkylation sites (tertiary alicyclic amines) is 1. The van der Waals surface area contributed by atoms with E-state index in [1.54, 1.807) is 4.90 Å². The number of amides is 1. The minimum Gasteiger partial charge on any atom is -0.337 e. The summed E-state index contributed by atoms with van der Waals surface area (Å²) in [6.07, 6.45) is 1.56. The normalized spacial score (nSPS) is 16.9. The van der Waals surface area contributed by atoms with Crippen molar-refractivity contribution in [2.75, 3.05) is 6.54 Å². The highest BCUT2D eigenvalue weighted by Crippen LogP contribution is 2.11. The molecule has 0 bridgehead atoms. The average molecular weight is 181 g/mol. The largest absolute Gasteiger partial charge is 0.337 e. The molecule has 1 aliphatic heterocycles. The molecule has 1 saturated heterocycles. The maximum absolute atomic E-state index is 11.2. The van der Waals surface area contributed by atoms with E-state index in [0.29, 0.717) is 13.0 Å². The van der Waals surface area contributed by atoms with Crippen molar-refractivity contribution in [3.63, 3.8) is 0 Å². The van der Waals surface area contributed by atoms with Crippen molar-refractivity contribution in [3.8, 4) is 0 Å². The van der Waals surface area contributed by atoms with Crippen LogP contribution in [-0.2, 0) is 11.3 Å². The minimum absolute atomic E-state index is 0.151. The van der Waals surface area contributed by atoms with Crippen molar-refractivity contribution in [1.82, 2.24) is 15.1 Å². The highest BCUT2D eigenvalue weighted by Gasteiger charge is 2.20. The Morgan fingerprint density at radius 2 is 2.23 bits per heavy atom. The summed E-state index contributed by atoms with van der Waals surface area (Å²) in [5, 5.41) is 5.16. The monoisotopic (exact) mass is 181 g/mol. The molecule has 1 aromatic heterocycles. The van der Waals surface area contributed by atoms with Gasteiger partial charge < -0.3 is 10.00 Å². The molecule has 0 aromatic carbocycles. The van der Waals surface area contributed by atoms with Crippen molar-refractivity contribution in [2.45, 2.75) is 19.4 Å². The minimum atomic E-state index is -0.151. The molecule has 1 aromatic rings. The van der Waals surface area contributed by atoms with Crippen LogP contribution < -0.4 is 5.56 Å². The van der Waals surface area contributed by atoms with E-state index < -0.39 is 0 Å². The Morgan fingerprint density at radius 1 is 1.38 bits per heavy atom. The van der Waals surface area contributed by atoms with Gasteiger partial charge in [0.05, 0.1) is 12.2 Å². The highest BCUT2D eigenvalue weighted by atomic mass is 16.2.